The van der Waals surface area contributed by atoms with Crippen LogP contribution in [0.5, 0.6) is 0 Å². The van der Waals surface area contributed by atoms with Crippen molar-refractivity contribution < 1.29 is 18.0 Å². The van der Waals surface area contributed by atoms with E-state index in [2.05, 4.69) is 21.6 Å². The maximum atomic E-state index is 13.5. The number of benzene rings is 2. The molecule has 0 atom stereocenters. The van der Waals surface area contributed by atoms with Gasteiger partial charge >= 0.3 is 6.18 Å². The number of aromatic nitrogens is 4. The molecule has 0 saturated carbocycles. The molecule has 0 fully saturated rings. The summed E-state index contributed by atoms with van der Waals surface area (Å²) >= 11 is 0. The molecule has 176 valence electrons. The number of carbonyl (C=O) groups excluding carboxylic acids is 1. The van der Waals surface area contributed by atoms with Crippen LogP contribution >= 0.6 is 0 Å². The zero-order chi connectivity index (χ0) is 23.7. The number of nitrogens with one attached hydrogen (secondary N) is 1. The smallest absolute Gasteiger partial charge is 0.308 e. The fourth-order valence-corrected chi connectivity index (χ4v) is 4.65. The quantitative estimate of drug-likeness (QED) is 0.410. The lowest BCUT2D eigenvalue weighted by Crippen LogP contribution is -2.22. The number of amides is 1. The molecule has 0 radical (unpaired) electrons. The summed E-state index contributed by atoms with van der Waals surface area (Å²) in [4.78, 5) is 12.7. The Morgan fingerprint density at radius 1 is 0.971 bits per heavy atom. The van der Waals surface area contributed by atoms with Crippen LogP contribution in [0.2, 0.25) is 0 Å². The lowest BCUT2D eigenvalue weighted by Gasteiger charge is -2.08. The summed E-state index contributed by atoms with van der Waals surface area (Å²) in [5, 5.41) is 13.2. The molecule has 4 aromatic rings. The Bertz CT molecular complexity index is 1330. The van der Waals surface area contributed by atoms with Crippen LogP contribution in [0.1, 0.15) is 41.8 Å². The molecule has 34 heavy (non-hydrogen) atoms. The number of halogens is 3. The number of nitrogens with zero attached hydrogens (tertiary/aromatic N) is 4. The van der Waals surface area contributed by atoms with Crippen molar-refractivity contribution in [1.82, 2.24) is 19.6 Å². The van der Waals surface area contributed by atoms with Gasteiger partial charge in [0.2, 0.25) is 5.91 Å². The highest BCUT2D eigenvalue weighted by molar-refractivity contribution is 5.89. The van der Waals surface area contributed by atoms with Gasteiger partial charge in [-0.25, -0.2) is 0 Å². The first kappa shape index (κ1) is 22.2. The maximum absolute atomic E-state index is 13.5. The van der Waals surface area contributed by atoms with Crippen molar-refractivity contribution in [2.45, 2.75) is 51.4 Å². The molecule has 0 bridgehead atoms. The lowest BCUT2D eigenvalue weighted by atomic mass is 10.0. The van der Waals surface area contributed by atoms with E-state index < -0.39 is 17.8 Å². The van der Waals surface area contributed by atoms with Crippen molar-refractivity contribution in [3.63, 3.8) is 0 Å². The van der Waals surface area contributed by atoms with E-state index in [4.69, 9.17) is 0 Å². The first-order chi connectivity index (χ1) is 16.4. The molecule has 1 aliphatic carbocycles. The third kappa shape index (κ3) is 4.55. The Morgan fingerprint density at radius 2 is 1.76 bits per heavy atom. The van der Waals surface area contributed by atoms with E-state index in [9.17, 15) is 18.0 Å². The Balaban J connectivity index is 1.30. The first-order valence-electron chi connectivity index (χ1n) is 11.3. The summed E-state index contributed by atoms with van der Waals surface area (Å²) < 4.78 is 43.4. The summed E-state index contributed by atoms with van der Waals surface area (Å²) in [5.74, 6) is -0.113. The predicted octanol–water partition coefficient (Wildman–Crippen LogP) is 5.21. The lowest BCUT2D eigenvalue weighted by molar-refractivity contribution is -0.142. The second-order valence-corrected chi connectivity index (χ2v) is 8.57. The van der Waals surface area contributed by atoms with E-state index in [0.717, 1.165) is 29.2 Å². The number of hydrogen-bond donors (Lipinski definition) is 1. The van der Waals surface area contributed by atoms with Crippen LogP contribution in [0.4, 0.5) is 19.0 Å². The van der Waals surface area contributed by atoms with Crippen molar-refractivity contribution >= 4 is 22.5 Å². The van der Waals surface area contributed by atoms with Crippen LogP contribution in [-0.2, 0) is 36.9 Å². The van der Waals surface area contributed by atoms with Crippen LogP contribution in [0.15, 0.2) is 54.7 Å². The molecule has 0 aliphatic heterocycles. The van der Waals surface area contributed by atoms with Gasteiger partial charge in [0.25, 0.3) is 0 Å². The largest absolute Gasteiger partial charge is 0.435 e. The molecule has 9 heteroatoms. The van der Waals surface area contributed by atoms with Crippen LogP contribution < -0.4 is 5.32 Å². The minimum Gasteiger partial charge on any atom is -0.308 e. The predicted molar refractivity (Wildman–Crippen MR) is 122 cm³/mol. The standard InChI is InChI=1S/C25H24F3N5O/c26-25(27,28)24-20-11-2-1-3-12-21(20)33(31-24)16-23(34)29-22-13-14-32(30-22)15-18-9-6-8-17-7-4-5-10-19(17)18/h4-10,13-14H,1-3,11-12,15-16H2,(H,29,30,34). The van der Waals surface area contributed by atoms with E-state index >= 15 is 0 Å². The van der Waals surface area contributed by atoms with Gasteiger partial charge in [-0.05, 0) is 42.0 Å². The van der Waals surface area contributed by atoms with Crippen LogP contribution in [0.3, 0.4) is 0 Å². The fourth-order valence-electron chi connectivity index (χ4n) is 4.65. The van der Waals surface area contributed by atoms with Gasteiger partial charge in [-0.2, -0.15) is 23.4 Å². The fraction of sp³-hybridized carbons (Fsp3) is 0.320. The van der Waals surface area contributed by atoms with Gasteiger partial charge in [-0.15, -0.1) is 0 Å². The number of anilines is 1. The van der Waals surface area contributed by atoms with Gasteiger partial charge in [-0.1, -0.05) is 48.9 Å². The highest BCUT2D eigenvalue weighted by atomic mass is 19.4. The topological polar surface area (TPSA) is 64.7 Å². The third-order valence-corrected chi connectivity index (χ3v) is 6.19. The Hall–Kier alpha value is -3.62. The van der Waals surface area contributed by atoms with Crippen molar-refractivity contribution in [2.24, 2.45) is 0 Å². The Labute approximate surface area is 194 Å². The second kappa shape index (κ2) is 8.96. The van der Waals surface area contributed by atoms with Crippen LogP contribution in [0.25, 0.3) is 10.8 Å². The van der Waals surface area contributed by atoms with E-state index in [-0.39, 0.29) is 12.1 Å². The number of hydrogen-bond acceptors (Lipinski definition) is 3. The second-order valence-electron chi connectivity index (χ2n) is 8.57. The number of rotatable bonds is 5. The molecular formula is C25H24F3N5O. The van der Waals surface area contributed by atoms with Crippen molar-refractivity contribution in [2.75, 3.05) is 5.32 Å². The number of carbonyl (C=O) groups is 1. The van der Waals surface area contributed by atoms with Gasteiger partial charge in [-0.3, -0.25) is 14.2 Å². The van der Waals surface area contributed by atoms with Gasteiger partial charge in [0.05, 0.1) is 6.54 Å². The van der Waals surface area contributed by atoms with Crippen LogP contribution in [-0.4, -0.2) is 25.5 Å². The summed E-state index contributed by atoms with van der Waals surface area (Å²) in [6, 6.07) is 15.8. The summed E-state index contributed by atoms with van der Waals surface area (Å²) in [6.07, 6.45) is 0.413. The molecule has 5 rings (SSSR count). The molecule has 0 saturated heterocycles. The highest BCUT2D eigenvalue weighted by Crippen LogP contribution is 2.35. The minimum absolute atomic E-state index is 0.233. The zero-order valence-corrected chi connectivity index (χ0v) is 18.5. The van der Waals surface area contributed by atoms with E-state index in [1.54, 1.807) is 16.9 Å². The molecule has 1 amide bonds. The zero-order valence-electron chi connectivity index (χ0n) is 18.5. The Kier molecular flexibility index (Phi) is 5.85. The molecule has 2 heterocycles. The summed E-state index contributed by atoms with van der Waals surface area (Å²) in [7, 11) is 0. The molecule has 1 aliphatic rings. The van der Waals surface area contributed by atoms with Crippen molar-refractivity contribution in [1.29, 1.82) is 0 Å². The molecular weight excluding hydrogens is 443 g/mol. The average Bonchev–Trinajstić information content (AvgIpc) is 3.29. The van der Waals surface area contributed by atoms with Gasteiger partial charge in [0.1, 0.15) is 6.54 Å². The molecule has 1 N–H and O–H groups in total. The molecule has 2 aromatic heterocycles. The van der Waals surface area contributed by atoms with E-state index in [0.29, 0.717) is 37.3 Å². The monoisotopic (exact) mass is 467 g/mol. The summed E-state index contributed by atoms with van der Waals surface area (Å²) in [6.45, 7) is 0.243. The minimum atomic E-state index is -4.53. The average molecular weight is 467 g/mol. The molecule has 2 aromatic carbocycles. The van der Waals surface area contributed by atoms with Crippen LogP contribution in [0, 0.1) is 0 Å². The first-order valence-corrected chi connectivity index (χ1v) is 11.3. The third-order valence-electron chi connectivity index (χ3n) is 6.19. The van der Waals surface area contributed by atoms with Crippen molar-refractivity contribution in [3.8, 4) is 0 Å². The van der Waals surface area contributed by atoms with Crippen molar-refractivity contribution in [3.05, 3.63) is 77.2 Å². The summed E-state index contributed by atoms with van der Waals surface area (Å²) in [5.41, 5.74) is 0.980. The van der Waals surface area contributed by atoms with Gasteiger partial charge in [0, 0.05) is 23.5 Å². The van der Waals surface area contributed by atoms with E-state index in [1.807, 2.05) is 36.4 Å². The van der Waals surface area contributed by atoms with Gasteiger partial charge < -0.3 is 5.32 Å². The molecule has 0 spiro atoms. The Morgan fingerprint density at radius 3 is 2.62 bits per heavy atom. The normalized spacial score (nSPS) is 14.1. The molecule has 6 nitrogen and oxygen atoms in total. The SMILES string of the molecule is O=C(Cn1nc(C(F)(F)F)c2c1CCCCC2)Nc1ccn(Cc2cccc3ccccc23)n1. The highest BCUT2D eigenvalue weighted by Gasteiger charge is 2.39. The van der Waals surface area contributed by atoms with Gasteiger partial charge in [0.15, 0.2) is 11.5 Å². The van der Waals surface area contributed by atoms with E-state index in [1.165, 1.54) is 4.68 Å². The molecule has 0 unspecified atom stereocenters. The maximum Gasteiger partial charge on any atom is 0.435 e. The number of fused-ring (bicyclic) bond motifs is 2. The number of alkyl halides is 3.